The molecule has 0 aromatic heterocycles. The summed E-state index contributed by atoms with van der Waals surface area (Å²) >= 11 is 5.88. The van der Waals surface area contributed by atoms with Crippen LogP contribution in [0.15, 0.2) is 24.3 Å². The molecule has 0 bridgehead atoms. The number of aliphatic hydroxyl groups excluding tert-OH is 1. The van der Waals surface area contributed by atoms with Crippen molar-refractivity contribution in [3.8, 4) is 0 Å². The molecule has 0 radical (unpaired) electrons. The number of hydrogen-bond donors (Lipinski definition) is 1. The maximum absolute atomic E-state index is 9.23. The van der Waals surface area contributed by atoms with Gasteiger partial charge in [-0.15, -0.1) is 0 Å². The third-order valence-corrected chi connectivity index (χ3v) is 2.45. The number of rotatable bonds is 4. The smallest absolute Gasteiger partial charge is 0.0514 e. The summed E-state index contributed by atoms with van der Waals surface area (Å²) in [6, 6.07) is 7.90. The Labute approximate surface area is 90.7 Å². The van der Waals surface area contributed by atoms with Gasteiger partial charge in [0.25, 0.3) is 0 Å². The maximum atomic E-state index is 9.23. The molecule has 1 rings (SSSR count). The highest BCUT2D eigenvalue weighted by molar-refractivity contribution is 6.30. The van der Waals surface area contributed by atoms with Crippen LogP contribution in [0.4, 0.5) is 0 Å². The van der Waals surface area contributed by atoms with Gasteiger partial charge < -0.3 is 5.11 Å². The fourth-order valence-electron chi connectivity index (χ4n) is 1.73. The highest BCUT2D eigenvalue weighted by Gasteiger charge is 2.07. The molecule has 1 aromatic rings. The third-order valence-electron chi connectivity index (χ3n) is 2.22. The van der Waals surface area contributed by atoms with Crippen molar-refractivity contribution in [2.45, 2.75) is 32.8 Å². The minimum atomic E-state index is -0.218. The minimum Gasteiger partial charge on any atom is -0.393 e. The Bertz CT molecular complexity index is 283. The molecule has 0 fully saturated rings. The van der Waals surface area contributed by atoms with Crippen LogP contribution in [0, 0.1) is 5.92 Å². The van der Waals surface area contributed by atoms with Crippen LogP contribution in [-0.2, 0) is 6.42 Å². The Balaban J connectivity index is 2.51. The Kier molecular flexibility index (Phi) is 4.43. The van der Waals surface area contributed by atoms with Crippen molar-refractivity contribution in [3.05, 3.63) is 34.9 Å². The average Bonchev–Trinajstić information content (AvgIpc) is 2.01. The Morgan fingerprint density at radius 1 is 1.36 bits per heavy atom. The van der Waals surface area contributed by atoms with Gasteiger partial charge in [-0.2, -0.15) is 0 Å². The lowest BCUT2D eigenvalue weighted by Gasteiger charge is -2.13. The van der Waals surface area contributed by atoms with E-state index in [0.29, 0.717) is 5.92 Å². The molecule has 1 nitrogen and oxygen atoms in total. The summed E-state index contributed by atoms with van der Waals surface area (Å²) in [4.78, 5) is 0. The molecule has 0 saturated carbocycles. The van der Waals surface area contributed by atoms with Crippen molar-refractivity contribution in [3.63, 3.8) is 0 Å². The van der Waals surface area contributed by atoms with Gasteiger partial charge in [-0.05, 0) is 43.4 Å². The number of halogens is 1. The van der Waals surface area contributed by atoms with Crippen molar-refractivity contribution in [1.82, 2.24) is 0 Å². The monoisotopic (exact) mass is 212 g/mol. The lowest BCUT2D eigenvalue weighted by molar-refractivity contribution is 0.164. The first kappa shape index (κ1) is 11.5. The van der Waals surface area contributed by atoms with Gasteiger partial charge in [0.1, 0.15) is 0 Å². The van der Waals surface area contributed by atoms with E-state index in [-0.39, 0.29) is 6.10 Å². The molecular weight excluding hydrogens is 196 g/mol. The Morgan fingerprint density at radius 2 is 2.07 bits per heavy atom. The van der Waals surface area contributed by atoms with E-state index in [1.807, 2.05) is 25.1 Å². The van der Waals surface area contributed by atoms with Crippen LogP contribution in [0.3, 0.4) is 0 Å². The van der Waals surface area contributed by atoms with Crippen LogP contribution in [-0.4, -0.2) is 11.2 Å². The van der Waals surface area contributed by atoms with Gasteiger partial charge >= 0.3 is 0 Å². The second-order valence-corrected chi connectivity index (χ2v) is 4.46. The van der Waals surface area contributed by atoms with Crippen molar-refractivity contribution in [2.75, 3.05) is 0 Å². The highest BCUT2D eigenvalue weighted by Crippen LogP contribution is 2.17. The average molecular weight is 213 g/mol. The fraction of sp³-hybridized carbons (Fsp3) is 0.500. The predicted molar refractivity (Wildman–Crippen MR) is 60.6 cm³/mol. The zero-order valence-electron chi connectivity index (χ0n) is 8.70. The van der Waals surface area contributed by atoms with E-state index < -0.39 is 0 Å². The van der Waals surface area contributed by atoms with Crippen molar-refractivity contribution >= 4 is 11.6 Å². The number of aliphatic hydroxyl groups is 1. The SMILES string of the molecule is CC(O)CC(C)Cc1cccc(Cl)c1. The molecule has 0 spiro atoms. The normalized spacial score (nSPS) is 15.1. The quantitative estimate of drug-likeness (QED) is 0.812. The lowest BCUT2D eigenvalue weighted by Crippen LogP contribution is -2.09. The van der Waals surface area contributed by atoms with Gasteiger partial charge in [-0.1, -0.05) is 30.7 Å². The van der Waals surface area contributed by atoms with E-state index in [2.05, 4.69) is 13.0 Å². The summed E-state index contributed by atoms with van der Waals surface area (Å²) in [5, 5.41) is 10.0. The predicted octanol–water partition coefficient (Wildman–Crippen LogP) is 3.29. The third kappa shape index (κ3) is 4.12. The second kappa shape index (κ2) is 5.38. The molecule has 1 aromatic carbocycles. The largest absolute Gasteiger partial charge is 0.393 e. The highest BCUT2D eigenvalue weighted by atomic mass is 35.5. The van der Waals surface area contributed by atoms with Crippen LogP contribution in [0.5, 0.6) is 0 Å². The van der Waals surface area contributed by atoms with E-state index in [4.69, 9.17) is 11.6 Å². The standard InChI is InChI=1S/C12H17ClO/c1-9(6-10(2)14)7-11-4-3-5-12(13)8-11/h3-5,8-10,14H,6-7H2,1-2H3. The Hall–Kier alpha value is -0.530. The number of hydrogen-bond acceptors (Lipinski definition) is 1. The van der Waals surface area contributed by atoms with Crippen LogP contribution < -0.4 is 0 Å². The minimum absolute atomic E-state index is 0.218. The summed E-state index contributed by atoms with van der Waals surface area (Å²) < 4.78 is 0. The maximum Gasteiger partial charge on any atom is 0.0514 e. The number of benzene rings is 1. The van der Waals surface area contributed by atoms with Crippen LogP contribution in [0.1, 0.15) is 25.8 Å². The summed E-state index contributed by atoms with van der Waals surface area (Å²) in [7, 11) is 0. The van der Waals surface area contributed by atoms with Crippen molar-refractivity contribution in [2.24, 2.45) is 5.92 Å². The second-order valence-electron chi connectivity index (χ2n) is 4.02. The summed E-state index contributed by atoms with van der Waals surface area (Å²) in [5.74, 6) is 0.494. The molecule has 2 unspecified atom stereocenters. The van der Waals surface area contributed by atoms with Gasteiger partial charge in [0, 0.05) is 5.02 Å². The molecule has 0 aliphatic carbocycles. The lowest BCUT2D eigenvalue weighted by atomic mass is 9.96. The molecule has 0 amide bonds. The fourth-order valence-corrected chi connectivity index (χ4v) is 1.94. The molecular formula is C12H17ClO. The zero-order valence-corrected chi connectivity index (χ0v) is 9.46. The van der Waals surface area contributed by atoms with Gasteiger partial charge in [0.2, 0.25) is 0 Å². The molecule has 0 saturated heterocycles. The molecule has 2 atom stereocenters. The van der Waals surface area contributed by atoms with E-state index >= 15 is 0 Å². The van der Waals surface area contributed by atoms with E-state index in [0.717, 1.165) is 17.9 Å². The summed E-state index contributed by atoms with van der Waals surface area (Å²) in [6.07, 6.45) is 1.60. The van der Waals surface area contributed by atoms with Crippen molar-refractivity contribution < 1.29 is 5.11 Å². The molecule has 0 heterocycles. The molecule has 0 aliphatic rings. The van der Waals surface area contributed by atoms with Crippen molar-refractivity contribution in [1.29, 1.82) is 0 Å². The Morgan fingerprint density at radius 3 is 2.64 bits per heavy atom. The topological polar surface area (TPSA) is 20.2 Å². The molecule has 78 valence electrons. The first-order chi connectivity index (χ1) is 6.58. The van der Waals surface area contributed by atoms with E-state index in [1.54, 1.807) is 0 Å². The summed E-state index contributed by atoms with van der Waals surface area (Å²) in [5.41, 5.74) is 1.24. The van der Waals surface area contributed by atoms with E-state index in [9.17, 15) is 5.11 Å². The van der Waals surface area contributed by atoms with Gasteiger partial charge in [-0.25, -0.2) is 0 Å². The molecule has 2 heteroatoms. The summed E-state index contributed by atoms with van der Waals surface area (Å²) in [6.45, 7) is 3.97. The van der Waals surface area contributed by atoms with Crippen LogP contribution >= 0.6 is 11.6 Å². The molecule has 1 N–H and O–H groups in total. The molecule has 0 aliphatic heterocycles. The van der Waals surface area contributed by atoms with Gasteiger partial charge in [0.05, 0.1) is 6.10 Å². The first-order valence-corrected chi connectivity index (χ1v) is 5.38. The van der Waals surface area contributed by atoms with Crippen LogP contribution in [0.2, 0.25) is 5.02 Å². The van der Waals surface area contributed by atoms with Gasteiger partial charge in [-0.3, -0.25) is 0 Å². The van der Waals surface area contributed by atoms with E-state index in [1.165, 1.54) is 5.56 Å². The molecule has 14 heavy (non-hydrogen) atoms. The van der Waals surface area contributed by atoms with Gasteiger partial charge in [0.15, 0.2) is 0 Å². The zero-order chi connectivity index (χ0) is 10.6. The first-order valence-electron chi connectivity index (χ1n) is 5.00. The van der Waals surface area contributed by atoms with Crippen LogP contribution in [0.25, 0.3) is 0 Å².